The first-order chi connectivity index (χ1) is 13.1. The van der Waals surface area contributed by atoms with E-state index < -0.39 is 0 Å². The van der Waals surface area contributed by atoms with Crippen molar-refractivity contribution >= 4 is 43.8 Å². The van der Waals surface area contributed by atoms with Crippen LogP contribution in [0.5, 0.6) is 0 Å². The monoisotopic (exact) mass is 416 g/mol. The number of fused-ring (bicyclic) bond motifs is 2. The molecule has 0 unspecified atom stereocenters. The van der Waals surface area contributed by atoms with Gasteiger partial charge >= 0.3 is 29.6 Å². The molecule has 4 aromatic heterocycles. The minimum atomic E-state index is -0.249. The van der Waals surface area contributed by atoms with Crippen LogP contribution in [0, 0.1) is 6.92 Å². The molecule has 0 fully saturated rings. The van der Waals surface area contributed by atoms with Crippen LogP contribution in [0.4, 0.5) is 0 Å². The first kappa shape index (κ1) is 19.4. The van der Waals surface area contributed by atoms with Gasteiger partial charge in [-0.05, 0) is 36.6 Å². The van der Waals surface area contributed by atoms with E-state index in [0.717, 1.165) is 15.1 Å². The number of aromatic nitrogens is 4. The van der Waals surface area contributed by atoms with Gasteiger partial charge in [0.2, 0.25) is 11.1 Å². The second kappa shape index (κ2) is 7.46. The van der Waals surface area contributed by atoms with Crippen molar-refractivity contribution in [2.45, 2.75) is 13.5 Å². The van der Waals surface area contributed by atoms with Crippen molar-refractivity contribution < 1.29 is 29.6 Å². The molecule has 0 aliphatic heterocycles. The van der Waals surface area contributed by atoms with Crippen LogP contribution in [0.15, 0.2) is 57.4 Å². The molecule has 0 bridgehead atoms. The third kappa shape index (κ3) is 3.11. The Kier molecular flexibility index (Phi) is 5.15. The van der Waals surface area contributed by atoms with E-state index in [9.17, 15) is 9.59 Å². The van der Waals surface area contributed by atoms with Crippen molar-refractivity contribution in [3.8, 4) is 5.13 Å². The van der Waals surface area contributed by atoms with Crippen molar-refractivity contribution in [1.82, 2.24) is 19.3 Å². The quantitative estimate of drug-likeness (QED) is 0.393. The van der Waals surface area contributed by atoms with E-state index in [1.165, 1.54) is 22.1 Å². The Labute approximate surface area is 189 Å². The van der Waals surface area contributed by atoms with Crippen LogP contribution in [-0.4, -0.2) is 14.2 Å². The normalized spacial score (nSPS) is 11.2. The minimum Gasteiger partial charge on any atom is -0.585 e. The molecule has 4 heterocycles. The molecule has 134 valence electrons. The molecular formula is C19H13N4NaO2S2. The van der Waals surface area contributed by atoms with E-state index in [1.54, 1.807) is 22.8 Å². The Balaban J connectivity index is 0.00000192. The number of nitrogens with zero attached hydrogens (tertiary/aromatic N) is 4. The summed E-state index contributed by atoms with van der Waals surface area (Å²) in [6, 6.07) is 13.1. The van der Waals surface area contributed by atoms with Crippen LogP contribution >= 0.6 is 22.7 Å². The summed E-state index contributed by atoms with van der Waals surface area (Å²) in [4.78, 5) is 31.2. The van der Waals surface area contributed by atoms with E-state index >= 15 is 0 Å². The van der Waals surface area contributed by atoms with Crippen molar-refractivity contribution in [2.24, 2.45) is 0 Å². The third-order valence-electron chi connectivity index (χ3n) is 4.52. The molecule has 1 aromatic carbocycles. The van der Waals surface area contributed by atoms with Gasteiger partial charge < -0.3 is 14.3 Å². The molecule has 0 saturated carbocycles. The zero-order valence-electron chi connectivity index (χ0n) is 15.2. The van der Waals surface area contributed by atoms with Gasteiger partial charge in [-0.25, -0.2) is 4.98 Å². The molecule has 0 N–H and O–H groups in total. The number of pyridine rings is 1. The van der Waals surface area contributed by atoms with Crippen LogP contribution in [0.2, 0.25) is 0 Å². The number of benzene rings is 1. The molecule has 0 saturated heterocycles. The first-order valence-electron chi connectivity index (χ1n) is 8.30. The van der Waals surface area contributed by atoms with Gasteiger partial charge in [-0.15, -0.1) is 16.9 Å². The molecule has 9 heteroatoms. The predicted octanol–water partition coefficient (Wildman–Crippen LogP) is 0.142. The van der Waals surface area contributed by atoms with Crippen molar-refractivity contribution in [2.75, 3.05) is 0 Å². The third-order valence-corrected chi connectivity index (χ3v) is 6.39. The van der Waals surface area contributed by atoms with Gasteiger partial charge in [0.25, 0.3) is 0 Å². The fraction of sp³-hybridized carbons (Fsp3) is 0.105. The Hall–Kier alpha value is -1.97. The second-order valence-electron chi connectivity index (χ2n) is 6.17. The summed E-state index contributed by atoms with van der Waals surface area (Å²) in [5.41, 5.74) is 1.45. The molecule has 5 aromatic rings. The van der Waals surface area contributed by atoms with E-state index in [4.69, 9.17) is 0 Å². The van der Waals surface area contributed by atoms with E-state index in [0.29, 0.717) is 28.3 Å². The zero-order chi connectivity index (χ0) is 18.5. The molecule has 0 atom stereocenters. The summed E-state index contributed by atoms with van der Waals surface area (Å²) in [6.07, 6.45) is 0. The SMILES string of the molecule is Cc1c2c(=O)n(-c3nc4ccccc4s3)[n-]c2cc(=O)n1Cc1cccs1.[Na+]. The van der Waals surface area contributed by atoms with Crippen LogP contribution in [0.1, 0.15) is 10.6 Å². The summed E-state index contributed by atoms with van der Waals surface area (Å²) in [5, 5.41) is 7.32. The van der Waals surface area contributed by atoms with Gasteiger partial charge in [0, 0.05) is 16.0 Å². The average Bonchev–Trinajstić information content (AvgIpc) is 3.37. The Bertz CT molecular complexity index is 1380. The summed E-state index contributed by atoms with van der Waals surface area (Å²) in [6.45, 7) is 2.24. The van der Waals surface area contributed by atoms with Gasteiger partial charge in [0.05, 0.1) is 16.8 Å². The molecule has 0 amide bonds. The van der Waals surface area contributed by atoms with Crippen LogP contribution in [-0.2, 0) is 6.54 Å². The Morgan fingerprint density at radius 3 is 2.71 bits per heavy atom. The topological polar surface area (TPSA) is 71.0 Å². The number of thiazole rings is 1. The van der Waals surface area contributed by atoms with Crippen molar-refractivity contribution in [1.29, 1.82) is 0 Å². The average molecular weight is 416 g/mol. The summed E-state index contributed by atoms with van der Waals surface area (Å²) < 4.78 is 3.91. The Morgan fingerprint density at radius 2 is 1.96 bits per heavy atom. The number of hydrogen-bond donors (Lipinski definition) is 0. The van der Waals surface area contributed by atoms with Crippen molar-refractivity contribution in [3.63, 3.8) is 0 Å². The van der Waals surface area contributed by atoms with Crippen molar-refractivity contribution in [3.05, 3.63) is 79.1 Å². The second-order valence-corrected chi connectivity index (χ2v) is 8.22. The maximum absolute atomic E-state index is 13.0. The van der Waals surface area contributed by atoms with E-state index in [2.05, 4.69) is 10.1 Å². The van der Waals surface area contributed by atoms with Gasteiger partial charge in [0.15, 0.2) is 5.13 Å². The van der Waals surface area contributed by atoms with Gasteiger partial charge in [-0.2, -0.15) is 0 Å². The minimum absolute atomic E-state index is 0. The largest absolute Gasteiger partial charge is 1.00 e. The molecule has 0 radical (unpaired) electrons. The maximum atomic E-state index is 13.0. The van der Waals surface area contributed by atoms with Gasteiger partial charge in [-0.3, -0.25) is 9.59 Å². The number of hydrogen-bond acceptors (Lipinski definition) is 5. The van der Waals surface area contributed by atoms with Crippen LogP contribution in [0.25, 0.3) is 26.3 Å². The molecule has 5 rings (SSSR count). The number of aryl methyl sites for hydroxylation is 1. The Morgan fingerprint density at radius 1 is 1.14 bits per heavy atom. The molecule has 0 spiro atoms. The molecule has 28 heavy (non-hydrogen) atoms. The fourth-order valence-electron chi connectivity index (χ4n) is 3.19. The predicted molar refractivity (Wildman–Crippen MR) is 108 cm³/mol. The van der Waals surface area contributed by atoms with E-state index in [-0.39, 0.29) is 40.7 Å². The smallest absolute Gasteiger partial charge is 0.585 e. The number of rotatable bonds is 3. The summed E-state index contributed by atoms with van der Waals surface area (Å²) >= 11 is 2.99. The zero-order valence-corrected chi connectivity index (χ0v) is 18.9. The number of thiophene rings is 1. The van der Waals surface area contributed by atoms with Crippen LogP contribution < -0.4 is 45.8 Å². The summed E-state index contributed by atoms with van der Waals surface area (Å²) in [7, 11) is 0. The molecule has 6 nitrogen and oxygen atoms in total. The molecular weight excluding hydrogens is 403 g/mol. The molecule has 0 aliphatic rings. The fourth-order valence-corrected chi connectivity index (χ4v) is 4.80. The van der Waals surface area contributed by atoms with Gasteiger partial charge in [0.1, 0.15) is 0 Å². The van der Waals surface area contributed by atoms with Gasteiger partial charge in [-0.1, -0.05) is 29.5 Å². The first-order valence-corrected chi connectivity index (χ1v) is 10.00. The summed E-state index contributed by atoms with van der Waals surface area (Å²) in [5.74, 6) is 0. The molecule has 0 aliphatic carbocycles. The van der Waals surface area contributed by atoms with Crippen LogP contribution in [0.3, 0.4) is 0 Å². The number of para-hydroxylation sites is 1. The standard InChI is InChI=1S/C19H14N4O2S2.Na/c1-11-17-14(9-16(24)22(11)10-12-5-4-8-26-12)21-23(18(17)25)19-20-13-6-2-3-7-15(13)27-19;/h2-9H,10H2,1H3,(H,21,24);/q;+1/p-1. The van der Waals surface area contributed by atoms with E-state index in [1.807, 2.05) is 41.8 Å². The maximum Gasteiger partial charge on any atom is 1.00 e.